The zero-order valence-corrected chi connectivity index (χ0v) is 19.6. The van der Waals surface area contributed by atoms with Crippen LogP contribution < -0.4 is 0 Å². The number of piperidine rings is 1. The minimum Gasteiger partial charge on any atom is -0.508 e. The van der Waals surface area contributed by atoms with Crippen molar-refractivity contribution in [1.82, 2.24) is 14.8 Å². The number of pyridine rings is 1. The highest BCUT2D eigenvalue weighted by Crippen LogP contribution is 2.41. The van der Waals surface area contributed by atoms with Gasteiger partial charge in [-0.25, -0.2) is 0 Å². The van der Waals surface area contributed by atoms with E-state index in [0.29, 0.717) is 18.7 Å². The minimum atomic E-state index is -0.345. The summed E-state index contributed by atoms with van der Waals surface area (Å²) >= 11 is 0. The first-order valence-electron chi connectivity index (χ1n) is 11.9. The van der Waals surface area contributed by atoms with Crippen molar-refractivity contribution in [2.24, 2.45) is 0 Å². The number of aromatic hydroxyl groups is 1. The van der Waals surface area contributed by atoms with Gasteiger partial charge in [0.05, 0.1) is 16.7 Å². The summed E-state index contributed by atoms with van der Waals surface area (Å²) in [7, 11) is 0. The maximum atomic E-state index is 12.8. The number of hydrogen-bond acceptors (Lipinski definition) is 4. The van der Waals surface area contributed by atoms with Gasteiger partial charge in [0.1, 0.15) is 5.75 Å². The van der Waals surface area contributed by atoms with Crippen LogP contribution in [0.25, 0.3) is 0 Å². The van der Waals surface area contributed by atoms with Gasteiger partial charge in [0.2, 0.25) is 0 Å². The molecular weight excluding hydrogens is 410 g/mol. The summed E-state index contributed by atoms with van der Waals surface area (Å²) in [6.07, 6.45) is 3.69. The maximum Gasteiger partial charge on any atom is 0.255 e. The Morgan fingerprint density at radius 3 is 2.52 bits per heavy atom. The molecule has 2 heterocycles. The van der Waals surface area contributed by atoms with Crippen LogP contribution >= 0.6 is 0 Å². The maximum absolute atomic E-state index is 12.8. The second-order valence-corrected chi connectivity index (χ2v) is 8.84. The summed E-state index contributed by atoms with van der Waals surface area (Å²) in [5.74, 6) is 0.278. The SMILES string of the molecule is CCN(CC)C(=O)c1ccc(C2(c3cccc(O)c3)CCCN(Cc3ccccc3)C2)nc1. The molecule has 1 unspecified atom stereocenters. The Morgan fingerprint density at radius 1 is 1.06 bits per heavy atom. The summed E-state index contributed by atoms with van der Waals surface area (Å²) in [4.78, 5) is 21.9. The molecule has 1 saturated heterocycles. The molecule has 0 spiro atoms. The number of phenolic OH excluding ortho intramolecular Hbond substituents is 1. The van der Waals surface area contributed by atoms with E-state index in [4.69, 9.17) is 4.98 Å². The molecule has 33 heavy (non-hydrogen) atoms. The van der Waals surface area contributed by atoms with Crippen molar-refractivity contribution in [3.8, 4) is 5.75 Å². The van der Waals surface area contributed by atoms with E-state index in [0.717, 1.165) is 43.7 Å². The average molecular weight is 444 g/mol. The molecule has 1 aromatic heterocycles. The van der Waals surface area contributed by atoms with Gasteiger partial charge in [-0.3, -0.25) is 14.7 Å². The summed E-state index contributed by atoms with van der Waals surface area (Å²) < 4.78 is 0. The second-order valence-electron chi connectivity index (χ2n) is 8.84. The third kappa shape index (κ3) is 4.93. The first-order valence-corrected chi connectivity index (χ1v) is 11.9. The molecule has 1 fully saturated rings. The number of nitrogens with zero attached hydrogens (tertiary/aromatic N) is 3. The minimum absolute atomic E-state index is 0.0137. The Morgan fingerprint density at radius 2 is 1.85 bits per heavy atom. The van der Waals surface area contributed by atoms with Crippen molar-refractivity contribution in [2.45, 2.75) is 38.6 Å². The van der Waals surface area contributed by atoms with Crippen molar-refractivity contribution in [2.75, 3.05) is 26.2 Å². The number of benzene rings is 2. The highest BCUT2D eigenvalue weighted by Gasteiger charge is 2.40. The number of likely N-dealkylation sites (tertiary alicyclic amines) is 1. The fourth-order valence-electron chi connectivity index (χ4n) is 5.01. The van der Waals surface area contributed by atoms with Gasteiger partial charge in [-0.05, 0) is 68.6 Å². The summed E-state index contributed by atoms with van der Waals surface area (Å²) in [5, 5.41) is 10.3. The van der Waals surface area contributed by atoms with E-state index < -0.39 is 0 Å². The molecular formula is C28H33N3O2. The molecule has 1 N–H and O–H groups in total. The van der Waals surface area contributed by atoms with Gasteiger partial charge in [-0.2, -0.15) is 0 Å². The number of phenols is 1. The molecule has 1 atom stereocenters. The quantitative estimate of drug-likeness (QED) is 0.567. The van der Waals surface area contributed by atoms with Crippen LogP contribution in [0.15, 0.2) is 72.9 Å². The summed E-state index contributed by atoms with van der Waals surface area (Å²) in [6.45, 7) is 8.04. The van der Waals surface area contributed by atoms with Crippen LogP contribution in [0.2, 0.25) is 0 Å². The third-order valence-corrected chi connectivity index (χ3v) is 6.77. The standard InChI is InChI=1S/C28H33N3O2/c1-3-31(4-2)27(33)23-14-15-26(29-19-23)28(24-12-8-13-25(32)18-24)16-9-17-30(21-28)20-22-10-6-5-7-11-22/h5-8,10-15,18-19,32H,3-4,9,16-17,20-21H2,1-2H3. The van der Waals surface area contributed by atoms with Crippen molar-refractivity contribution >= 4 is 5.91 Å². The molecule has 172 valence electrons. The molecule has 0 bridgehead atoms. The molecule has 5 heteroatoms. The first-order chi connectivity index (χ1) is 16.1. The average Bonchev–Trinajstić information content (AvgIpc) is 2.85. The predicted molar refractivity (Wildman–Crippen MR) is 131 cm³/mol. The number of aromatic nitrogens is 1. The van der Waals surface area contributed by atoms with Gasteiger partial charge < -0.3 is 10.0 Å². The number of hydrogen-bond donors (Lipinski definition) is 1. The molecule has 1 aliphatic heterocycles. The van der Waals surface area contributed by atoms with E-state index >= 15 is 0 Å². The molecule has 1 aliphatic rings. The second kappa shape index (κ2) is 10.2. The van der Waals surface area contributed by atoms with Crippen molar-refractivity contribution < 1.29 is 9.90 Å². The lowest BCUT2D eigenvalue weighted by Gasteiger charge is -2.43. The van der Waals surface area contributed by atoms with E-state index in [-0.39, 0.29) is 17.1 Å². The highest BCUT2D eigenvalue weighted by molar-refractivity contribution is 5.93. The van der Waals surface area contributed by atoms with Crippen LogP contribution in [0.1, 0.15) is 53.9 Å². The fraction of sp³-hybridized carbons (Fsp3) is 0.357. The smallest absolute Gasteiger partial charge is 0.255 e. The lowest BCUT2D eigenvalue weighted by Crippen LogP contribution is -2.47. The number of carbonyl (C=O) groups is 1. The largest absolute Gasteiger partial charge is 0.508 e. The molecule has 0 saturated carbocycles. The van der Waals surface area contributed by atoms with E-state index in [1.807, 2.05) is 49.1 Å². The van der Waals surface area contributed by atoms with Crippen LogP contribution in [0, 0.1) is 0 Å². The van der Waals surface area contributed by atoms with E-state index in [2.05, 4.69) is 35.2 Å². The predicted octanol–water partition coefficient (Wildman–Crippen LogP) is 4.85. The summed E-state index contributed by atoms with van der Waals surface area (Å²) in [6, 6.07) is 22.0. The van der Waals surface area contributed by atoms with Gasteiger partial charge in [-0.1, -0.05) is 42.5 Å². The molecule has 3 aromatic rings. The van der Waals surface area contributed by atoms with Crippen LogP contribution in [-0.4, -0.2) is 52.0 Å². The highest BCUT2D eigenvalue weighted by atomic mass is 16.3. The van der Waals surface area contributed by atoms with Crippen molar-refractivity contribution in [1.29, 1.82) is 0 Å². The van der Waals surface area contributed by atoms with Crippen molar-refractivity contribution in [3.63, 3.8) is 0 Å². The van der Waals surface area contributed by atoms with Crippen LogP contribution in [0.3, 0.4) is 0 Å². The van der Waals surface area contributed by atoms with Gasteiger partial charge in [0.25, 0.3) is 5.91 Å². The lowest BCUT2D eigenvalue weighted by molar-refractivity contribution is 0.0772. The monoisotopic (exact) mass is 443 g/mol. The number of rotatable bonds is 7. The van der Waals surface area contributed by atoms with E-state index in [1.165, 1.54) is 5.56 Å². The van der Waals surface area contributed by atoms with Crippen LogP contribution in [-0.2, 0) is 12.0 Å². The molecule has 2 aromatic carbocycles. The van der Waals surface area contributed by atoms with Crippen LogP contribution in [0.4, 0.5) is 0 Å². The van der Waals surface area contributed by atoms with Gasteiger partial charge in [0, 0.05) is 32.4 Å². The molecule has 0 aliphatic carbocycles. The third-order valence-electron chi connectivity index (χ3n) is 6.77. The Balaban J connectivity index is 1.69. The van der Waals surface area contributed by atoms with Crippen LogP contribution in [0.5, 0.6) is 5.75 Å². The molecule has 0 radical (unpaired) electrons. The van der Waals surface area contributed by atoms with Gasteiger partial charge in [0.15, 0.2) is 0 Å². The zero-order valence-electron chi connectivity index (χ0n) is 19.6. The Labute approximate surface area is 196 Å². The molecule has 1 amide bonds. The van der Waals surface area contributed by atoms with E-state index in [9.17, 15) is 9.90 Å². The van der Waals surface area contributed by atoms with Gasteiger partial charge >= 0.3 is 0 Å². The zero-order chi connectivity index (χ0) is 23.3. The van der Waals surface area contributed by atoms with E-state index in [1.54, 1.807) is 12.3 Å². The number of amides is 1. The van der Waals surface area contributed by atoms with Gasteiger partial charge in [-0.15, -0.1) is 0 Å². The normalized spacial score (nSPS) is 18.7. The van der Waals surface area contributed by atoms with Crippen molar-refractivity contribution in [3.05, 3.63) is 95.3 Å². The lowest BCUT2D eigenvalue weighted by atomic mass is 9.71. The summed E-state index contributed by atoms with van der Waals surface area (Å²) in [5.41, 5.74) is 3.57. The first kappa shape index (κ1) is 23.0. The molecule has 5 nitrogen and oxygen atoms in total. The Hall–Kier alpha value is -3.18. The number of carbonyl (C=O) groups excluding carboxylic acids is 1. The topological polar surface area (TPSA) is 56.7 Å². The Kier molecular flexibility index (Phi) is 7.09. The fourth-order valence-corrected chi connectivity index (χ4v) is 5.01. The molecule has 4 rings (SSSR count). The Bertz CT molecular complexity index is 1060.